The lowest BCUT2D eigenvalue weighted by molar-refractivity contribution is 0.224. The number of pyridine rings is 1. The molecule has 146 valence electrons. The van der Waals surface area contributed by atoms with Crippen molar-refractivity contribution in [1.82, 2.24) is 24.9 Å². The normalized spacial score (nSPS) is 12.1. The molecule has 3 heterocycles. The number of anilines is 1. The molecule has 4 rings (SSSR count). The van der Waals surface area contributed by atoms with Crippen LogP contribution in [0.15, 0.2) is 43.0 Å². The smallest absolute Gasteiger partial charge is 0.138 e. The van der Waals surface area contributed by atoms with Gasteiger partial charge in [0.15, 0.2) is 0 Å². The van der Waals surface area contributed by atoms with Gasteiger partial charge in [0.2, 0.25) is 0 Å². The van der Waals surface area contributed by atoms with Gasteiger partial charge in [-0.2, -0.15) is 0 Å². The van der Waals surface area contributed by atoms with Crippen molar-refractivity contribution in [2.24, 2.45) is 0 Å². The largest absolute Gasteiger partial charge is 0.484 e. The van der Waals surface area contributed by atoms with Crippen molar-refractivity contribution in [2.45, 2.75) is 26.9 Å². The summed E-state index contributed by atoms with van der Waals surface area (Å²) in [6.45, 7) is 5.72. The van der Waals surface area contributed by atoms with E-state index in [-0.39, 0.29) is 6.10 Å². The highest BCUT2D eigenvalue weighted by atomic mass is 35.5. The second-order valence-corrected chi connectivity index (χ2v) is 7.16. The number of aryl methyl sites for hydroxylation is 2. The van der Waals surface area contributed by atoms with E-state index in [0.717, 1.165) is 22.5 Å². The van der Waals surface area contributed by atoms with E-state index < -0.39 is 0 Å². The van der Waals surface area contributed by atoms with Gasteiger partial charge in [0.1, 0.15) is 29.8 Å². The molecule has 0 amide bonds. The van der Waals surface area contributed by atoms with Crippen LogP contribution in [0.3, 0.4) is 0 Å². The molecule has 4 aromatic rings. The topological polar surface area (TPSA) is 99.7 Å². The molecule has 3 aromatic heterocycles. The second kappa shape index (κ2) is 7.60. The van der Waals surface area contributed by atoms with Gasteiger partial charge in [-0.3, -0.25) is 4.98 Å². The van der Waals surface area contributed by atoms with Gasteiger partial charge in [-0.25, -0.2) is 19.9 Å². The maximum Gasteiger partial charge on any atom is 0.138 e. The molecule has 0 saturated heterocycles. The molecule has 0 unspecified atom stereocenters. The third kappa shape index (κ3) is 3.82. The second-order valence-electron chi connectivity index (χ2n) is 6.73. The number of halogens is 1. The van der Waals surface area contributed by atoms with E-state index >= 15 is 0 Å². The highest BCUT2D eigenvalue weighted by Gasteiger charge is 2.17. The Bertz CT molecular complexity index is 1190. The van der Waals surface area contributed by atoms with Crippen LogP contribution in [0.25, 0.3) is 22.0 Å². The molecule has 0 radical (unpaired) electrons. The van der Waals surface area contributed by atoms with Crippen LogP contribution in [0.2, 0.25) is 5.02 Å². The lowest BCUT2D eigenvalue weighted by Gasteiger charge is -2.18. The first-order valence-electron chi connectivity index (χ1n) is 9.05. The minimum atomic E-state index is -0.308. The SMILES string of the molecule is Cc1cc([C@H](C)Oc2ccc(-c3cncc(Cl)c3)c3ncnc(N)c23)nc(C)n1. The zero-order chi connectivity index (χ0) is 20.5. The molecule has 2 N–H and O–H groups in total. The monoisotopic (exact) mass is 406 g/mol. The van der Waals surface area contributed by atoms with E-state index in [4.69, 9.17) is 22.1 Å². The summed E-state index contributed by atoms with van der Waals surface area (Å²) in [5, 5.41) is 1.18. The first kappa shape index (κ1) is 19.0. The number of nitrogen functional groups attached to an aromatic ring is 1. The van der Waals surface area contributed by atoms with Crippen LogP contribution in [0.1, 0.15) is 30.2 Å². The van der Waals surface area contributed by atoms with Gasteiger partial charge in [0.05, 0.1) is 21.6 Å². The molecule has 0 bridgehead atoms. The lowest BCUT2D eigenvalue weighted by atomic mass is 10.0. The van der Waals surface area contributed by atoms with E-state index in [0.29, 0.717) is 33.3 Å². The summed E-state index contributed by atoms with van der Waals surface area (Å²) >= 11 is 6.11. The third-order valence-electron chi connectivity index (χ3n) is 4.50. The summed E-state index contributed by atoms with van der Waals surface area (Å²) < 4.78 is 6.23. The Labute approximate surface area is 173 Å². The number of benzene rings is 1. The fourth-order valence-electron chi connectivity index (χ4n) is 3.26. The molecule has 1 aromatic carbocycles. The van der Waals surface area contributed by atoms with Crippen molar-refractivity contribution in [3.05, 3.63) is 65.2 Å². The van der Waals surface area contributed by atoms with E-state index in [1.807, 2.05) is 45.0 Å². The van der Waals surface area contributed by atoms with Crippen LogP contribution in [0, 0.1) is 13.8 Å². The average molecular weight is 407 g/mol. The maximum absolute atomic E-state index is 6.23. The molecule has 1 atom stereocenters. The Morgan fingerprint density at radius 1 is 1.07 bits per heavy atom. The Morgan fingerprint density at radius 2 is 1.90 bits per heavy atom. The predicted octanol–water partition coefficient (Wildman–Crippen LogP) is 4.47. The Morgan fingerprint density at radius 3 is 2.66 bits per heavy atom. The molecule has 0 fully saturated rings. The number of aromatic nitrogens is 5. The number of nitrogens with two attached hydrogens (primary N) is 1. The van der Waals surface area contributed by atoms with Gasteiger partial charge in [0, 0.05) is 29.2 Å². The van der Waals surface area contributed by atoms with Gasteiger partial charge in [-0.15, -0.1) is 0 Å². The summed E-state index contributed by atoms with van der Waals surface area (Å²) in [5.41, 5.74) is 10.2. The molecule has 29 heavy (non-hydrogen) atoms. The molecular formula is C21H19ClN6O. The summed E-state index contributed by atoms with van der Waals surface area (Å²) in [5.74, 6) is 1.62. The molecule has 0 spiro atoms. The van der Waals surface area contributed by atoms with Crippen molar-refractivity contribution in [3.63, 3.8) is 0 Å². The van der Waals surface area contributed by atoms with Crippen molar-refractivity contribution >= 4 is 28.3 Å². The fourth-order valence-corrected chi connectivity index (χ4v) is 3.44. The van der Waals surface area contributed by atoms with Gasteiger partial charge >= 0.3 is 0 Å². The summed E-state index contributed by atoms with van der Waals surface area (Å²) in [6, 6.07) is 7.51. The van der Waals surface area contributed by atoms with Crippen LogP contribution in [0.5, 0.6) is 5.75 Å². The van der Waals surface area contributed by atoms with Crippen molar-refractivity contribution in [2.75, 3.05) is 5.73 Å². The minimum Gasteiger partial charge on any atom is -0.484 e. The molecule has 0 saturated carbocycles. The van der Waals surface area contributed by atoms with E-state index in [9.17, 15) is 0 Å². The highest BCUT2D eigenvalue weighted by Crippen LogP contribution is 2.37. The molecule has 8 heteroatoms. The molecule has 7 nitrogen and oxygen atoms in total. The van der Waals surface area contributed by atoms with E-state index in [1.165, 1.54) is 6.33 Å². The Hall–Kier alpha value is -3.32. The van der Waals surface area contributed by atoms with Crippen LogP contribution >= 0.6 is 11.6 Å². The first-order valence-corrected chi connectivity index (χ1v) is 9.43. The third-order valence-corrected chi connectivity index (χ3v) is 4.71. The van der Waals surface area contributed by atoms with Gasteiger partial charge in [-0.1, -0.05) is 11.6 Å². The predicted molar refractivity (Wildman–Crippen MR) is 113 cm³/mol. The van der Waals surface area contributed by atoms with E-state index in [2.05, 4.69) is 24.9 Å². The molecule has 0 aliphatic rings. The number of nitrogens with zero attached hydrogens (tertiary/aromatic N) is 5. The Kier molecular flexibility index (Phi) is 4.98. The fraction of sp³-hybridized carbons (Fsp3) is 0.190. The zero-order valence-corrected chi connectivity index (χ0v) is 17.0. The van der Waals surface area contributed by atoms with Crippen molar-refractivity contribution < 1.29 is 4.74 Å². The average Bonchev–Trinajstić information content (AvgIpc) is 2.67. The van der Waals surface area contributed by atoms with E-state index in [1.54, 1.807) is 12.4 Å². The number of hydrogen-bond donors (Lipinski definition) is 1. The molecule has 0 aliphatic carbocycles. The summed E-state index contributed by atoms with van der Waals surface area (Å²) in [7, 11) is 0. The first-order chi connectivity index (χ1) is 13.9. The van der Waals surface area contributed by atoms with Crippen LogP contribution in [-0.2, 0) is 0 Å². The summed E-state index contributed by atoms with van der Waals surface area (Å²) in [4.78, 5) is 21.6. The van der Waals surface area contributed by atoms with Crippen molar-refractivity contribution in [1.29, 1.82) is 0 Å². The van der Waals surface area contributed by atoms with Crippen LogP contribution < -0.4 is 10.5 Å². The van der Waals surface area contributed by atoms with Gasteiger partial charge in [0.25, 0.3) is 0 Å². The zero-order valence-electron chi connectivity index (χ0n) is 16.2. The van der Waals surface area contributed by atoms with Gasteiger partial charge in [-0.05, 0) is 45.0 Å². The van der Waals surface area contributed by atoms with Crippen molar-refractivity contribution in [3.8, 4) is 16.9 Å². The molecular weight excluding hydrogens is 388 g/mol. The Balaban J connectivity index is 1.81. The number of fused-ring (bicyclic) bond motifs is 1. The molecule has 0 aliphatic heterocycles. The highest BCUT2D eigenvalue weighted by molar-refractivity contribution is 6.30. The number of ether oxygens (including phenoxy) is 1. The van der Waals surface area contributed by atoms with Crippen LogP contribution in [0.4, 0.5) is 5.82 Å². The number of hydrogen-bond acceptors (Lipinski definition) is 7. The summed E-state index contributed by atoms with van der Waals surface area (Å²) in [6.07, 6.45) is 4.44. The van der Waals surface area contributed by atoms with Crippen LogP contribution in [-0.4, -0.2) is 24.9 Å². The lowest BCUT2D eigenvalue weighted by Crippen LogP contribution is -2.09. The standard InChI is InChI=1S/C21H19ClN6O/c1-11-6-17(28-13(3)27-11)12(2)29-18-5-4-16(14-7-15(22)9-24-8-14)20-19(18)21(23)26-10-25-20/h4-10,12H,1-3H3,(H2,23,25,26)/t12-/m0/s1. The minimum absolute atomic E-state index is 0.308. The number of rotatable bonds is 4. The maximum atomic E-state index is 6.23. The van der Waals surface area contributed by atoms with Gasteiger partial charge < -0.3 is 10.5 Å². The quantitative estimate of drug-likeness (QED) is 0.533.